The molecule has 0 aliphatic carbocycles. The quantitative estimate of drug-likeness (QED) is 0.943. The van der Waals surface area contributed by atoms with Crippen LogP contribution in [0.15, 0.2) is 35.7 Å². The van der Waals surface area contributed by atoms with Gasteiger partial charge in [0, 0.05) is 24.5 Å². The number of hydrogen-bond acceptors (Lipinski definition) is 4. The van der Waals surface area contributed by atoms with Gasteiger partial charge in [-0.05, 0) is 31.2 Å². The van der Waals surface area contributed by atoms with E-state index in [0.717, 1.165) is 24.4 Å². The molecule has 22 heavy (non-hydrogen) atoms. The van der Waals surface area contributed by atoms with Gasteiger partial charge >= 0.3 is 0 Å². The third-order valence-electron chi connectivity index (χ3n) is 4.46. The summed E-state index contributed by atoms with van der Waals surface area (Å²) >= 11 is 1.46. The van der Waals surface area contributed by atoms with E-state index in [1.807, 2.05) is 16.3 Å². The highest BCUT2D eigenvalue weighted by atomic mass is 32.1. The molecule has 1 aromatic heterocycles. The Bertz CT molecular complexity index is 640. The van der Waals surface area contributed by atoms with E-state index >= 15 is 0 Å². The number of hydrogen-bond donors (Lipinski definition) is 1. The molecular weight excluding hydrogens is 294 g/mol. The van der Waals surface area contributed by atoms with Crippen LogP contribution in [0.3, 0.4) is 0 Å². The van der Waals surface area contributed by atoms with Gasteiger partial charge in [0.25, 0.3) is 5.91 Å². The summed E-state index contributed by atoms with van der Waals surface area (Å²) in [5.41, 5.74) is 7.46. The van der Waals surface area contributed by atoms with Crippen molar-refractivity contribution in [1.82, 2.24) is 9.88 Å². The Morgan fingerprint density at radius 2 is 2.18 bits per heavy atom. The lowest BCUT2D eigenvalue weighted by atomic mass is 9.93. The topological polar surface area (TPSA) is 59.2 Å². The molecule has 0 spiro atoms. The molecule has 1 saturated heterocycles. The van der Waals surface area contributed by atoms with Crippen molar-refractivity contribution in [3.8, 4) is 0 Å². The second-order valence-electron chi connectivity index (χ2n) is 5.81. The SMILES string of the molecule is CC1C(Cc2ccccc2)CCN1C(=O)c1csc(CN)n1. The number of aromatic nitrogens is 1. The molecule has 0 bridgehead atoms. The van der Waals surface area contributed by atoms with Crippen LogP contribution < -0.4 is 5.73 Å². The Kier molecular flexibility index (Phi) is 4.55. The summed E-state index contributed by atoms with van der Waals surface area (Å²) in [5.74, 6) is 0.554. The molecule has 1 aliphatic heterocycles. The number of likely N-dealkylation sites (tertiary alicyclic amines) is 1. The minimum atomic E-state index is 0.0408. The van der Waals surface area contributed by atoms with Gasteiger partial charge in [0.05, 0.1) is 0 Å². The number of nitrogens with zero attached hydrogens (tertiary/aromatic N) is 2. The molecule has 1 aromatic carbocycles. The summed E-state index contributed by atoms with van der Waals surface area (Å²) < 4.78 is 0. The van der Waals surface area contributed by atoms with Crippen molar-refractivity contribution in [3.63, 3.8) is 0 Å². The number of carbonyl (C=O) groups is 1. The first-order valence-corrected chi connectivity index (χ1v) is 8.56. The molecule has 116 valence electrons. The summed E-state index contributed by atoms with van der Waals surface area (Å²) in [6.45, 7) is 3.35. The van der Waals surface area contributed by atoms with Crippen LogP contribution in [0.4, 0.5) is 0 Å². The van der Waals surface area contributed by atoms with Gasteiger partial charge in [-0.3, -0.25) is 4.79 Å². The Labute approximate surface area is 135 Å². The normalized spacial score (nSPS) is 21.3. The molecule has 1 fully saturated rings. The lowest BCUT2D eigenvalue weighted by Gasteiger charge is -2.24. The van der Waals surface area contributed by atoms with Gasteiger partial charge < -0.3 is 10.6 Å². The number of rotatable bonds is 4. The first-order valence-electron chi connectivity index (χ1n) is 7.68. The molecule has 2 unspecified atom stereocenters. The van der Waals surface area contributed by atoms with Crippen LogP contribution in [0.5, 0.6) is 0 Å². The van der Waals surface area contributed by atoms with Gasteiger partial charge in [-0.25, -0.2) is 4.98 Å². The fourth-order valence-corrected chi connectivity index (χ4v) is 3.78. The molecule has 0 saturated carbocycles. The molecule has 4 nitrogen and oxygen atoms in total. The fraction of sp³-hybridized carbons (Fsp3) is 0.412. The molecule has 2 N–H and O–H groups in total. The van der Waals surface area contributed by atoms with Crippen LogP contribution in [-0.2, 0) is 13.0 Å². The Morgan fingerprint density at radius 3 is 2.86 bits per heavy atom. The van der Waals surface area contributed by atoms with E-state index in [-0.39, 0.29) is 11.9 Å². The van der Waals surface area contributed by atoms with E-state index in [1.165, 1.54) is 16.9 Å². The number of benzene rings is 1. The summed E-state index contributed by atoms with van der Waals surface area (Å²) in [4.78, 5) is 18.9. The third kappa shape index (κ3) is 3.05. The van der Waals surface area contributed by atoms with E-state index < -0.39 is 0 Å². The van der Waals surface area contributed by atoms with Crippen molar-refractivity contribution in [3.05, 3.63) is 52.0 Å². The van der Waals surface area contributed by atoms with Gasteiger partial charge in [-0.2, -0.15) is 0 Å². The van der Waals surface area contributed by atoms with Crippen LogP contribution in [0.1, 0.15) is 34.4 Å². The van der Waals surface area contributed by atoms with Crippen LogP contribution in [-0.4, -0.2) is 28.4 Å². The highest BCUT2D eigenvalue weighted by Crippen LogP contribution is 2.29. The number of thiazole rings is 1. The molecule has 0 radical (unpaired) electrons. The second kappa shape index (κ2) is 6.58. The first-order chi connectivity index (χ1) is 10.7. The van der Waals surface area contributed by atoms with Gasteiger partial charge in [0.15, 0.2) is 0 Å². The van der Waals surface area contributed by atoms with Crippen molar-refractivity contribution >= 4 is 17.2 Å². The smallest absolute Gasteiger partial charge is 0.273 e. The summed E-state index contributed by atoms with van der Waals surface area (Å²) in [6.07, 6.45) is 2.08. The molecule has 2 aromatic rings. The average molecular weight is 315 g/mol. The number of carbonyl (C=O) groups excluding carboxylic acids is 1. The molecule has 3 rings (SSSR count). The fourth-order valence-electron chi connectivity index (χ4n) is 3.13. The maximum Gasteiger partial charge on any atom is 0.273 e. The predicted octanol–water partition coefficient (Wildman–Crippen LogP) is 2.70. The van der Waals surface area contributed by atoms with Gasteiger partial charge in [-0.15, -0.1) is 11.3 Å². The predicted molar refractivity (Wildman–Crippen MR) is 88.8 cm³/mol. The second-order valence-corrected chi connectivity index (χ2v) is 6.75. The summed E-state index contributed by atoms with van der Waals surface area (Å²) in [7, 11) is 0. The van der Waals surface area contributed by atoms with E-state index in [4.69, 9.17) is 5.73 Å². The highest BCUT2D eigenvalue weighted by molar-refractivity contribution is 7.09. The van der Waals surface area contributed by atoms with Crippen molar-refractivity contribution in [2.24, 2.45) is 11.7 Å². The highest BCUT2D eigenvalue weighted by Gasteiger charge is 2.34. The molecule has 1 amide bonds. The number of amides is 1. The van der Waals surface area contributed by atoms with Crippen LogP contribution in [0, 0.1) is 5.92 Å². The molecule has 2 heterocycles. The van der Waals surface area contributed by atoms with Crippen LogP contribution >= 0.6 is 11.3 Å². The average Bonchev–Trinajstić information content (AvgIpc) is 3.16. The molecular formula is C17H21N3OS. The zero-order valence-electron chi connectivity index (χ0n) is 12.7. The van der Waals surface area contributed by atoms with Gasteiger partial charge in [-0.1, -0.05) is 30.3 Å². The van der Waals surface area contributed by atoms with Gasteiger partial charge in [0.1, 0.15) is 10.7 Å². The Hall–Kier alpha value is -1.72. The maximum absolute atomic E-state index is 12.6. The van der Waals surface area contributed by atoms with E-state index in [1.54, 1.807) is 0 Å². The lowest BCUT2D eigenvalue weighted by molar-refractivity contribution is 0.0727. The Balaban J connectivity index is 1.67. The lowest BCUT2D eigenvalue weighted by Crippen LogP contribution is -2.36. The van der Waals surface area contributed by atoms with Gasteiger partial charge in [0.2, 0.25) is 0 Å². The summed E-state index contributed by atoms with van der Waals surface area (Å²) in [6, 6.07) is 10.7. The van der Waals surface area contributed by atoms with Crippen molar-refractivity contribution in [2.75, 3.05) is 6.54 Å². The van der Waals surface area contributed by atoms with Crippen LogP contribution in [0.2, 0.25) is 0 Å². The van der Waals surface area contributed by atoms with Crippen molar-refractivity contribution < 1.29 is 4.79 Å². The largest absolute Gasteiger partial charge is 0.334 e. The summed E-state index contributed by atoms with van der Waals surface area (Å²) in [5, 5.41) is 2.64. The standard InChI is InChI=1S/C17H21N3OS/c1-12-14(9-13-5-3-2-4-6-13)7-8-20(12)17(21)15-11-22-16(10-18)19-15/h2-6,11-12,14H,7-10,18H2,1H3. The molecule has 1 aliphatic rings. The van der Waals surface area contributed by atoms with Crippen molar-refractivity contribution in [2.45, 2.75) is 32.4 Å². The maximum atomic E-state index is 12.6. The first kappa shape index (κ1) is 15.2. The molecule has 5 heteroatoms. The monoisotopic (exact) mass is 315 g/mol. The van der Waals surface area contributed by atoms with E-state index in [0.29, 0.717) is 18.2 Å². The zero-order valence-corrected chi connectivity index (χ0v) is 13.6. The Morgan fingerprint density at radius 1 is 1.41 bits per heavy atom. The number of nitrogens with two attached hydrogens (primary N) is 1. The zero-order chi connectivity index (χ0) is 15.5. The third-order valence-corrected chi connectivity index (χ3v) is 5.33. The van der Waals surface area contributed by atoms with E-state index in [2.05, 4.69) is 36.2 Å². The van der Waals surface area contributed by atoms with Crippen LogP contribution in [0.25, 0.3) is 0 Å². The van der Waals surface area contributed by atoms with Crippen molar-refractivity contribution in [1.29, 1.82) is 0 Å². The minimum Gasteiger partial charge on any atom is -0.334 e. The minimum absolute atomic E-state index is 0.0408. The molecule has 2 atom stereocenters. The van der Waals surface area contributed by atoms with E-state index in [9.17, 15) is 4.79 Å².